The molecule has 25 heavy (non-hydrogen) atoms. The third-order valence-corrected chi connectivity index (χ3v) is 5.60. The predicted octanol–water partition coefficient (Wildman–Crippen LogP) is 2.07. The molecule has 0 radical (unpaired) electrons. The standard InChI is InChI=1S/C19H21N3O2S/c20-11-14-8-9-25-17(19(24)22-14)13-5-3-4-12(10-13)15-6-1-2-7-16(15)18(21)23/h1-7,10,14,17H,8-9,11,20H2,(H2,21,23)(H,22,24)/t14-,17+/m0/s1. The Balaban J connectivity index is 1.95. The van der Waals surface area contributed by atoms with Gasteiger partial charge in [-0.05, 0) is 41.0 Å². The van der Waals surface area contributed by atoms with E-state index in [-0.39, 0.29) is 17.2 Å². The van der Waals surface area contributed by atoms with Crippen molar-refractivity contribution in [3.05, 3.63) is 59.7 Å². The van der Waals surface area contributed by atoms with Gasteiger partial charge in [-0.15, -0.1) is 11.8 Å². The third kappa shape index (κ3) is 3.86. The number of hydrogen-bond donors (Lipinski definition) is 3. The van der Waals surface area contributed by atoms with Crippen molar-refractivity contribution in [1.29, 1.82) is 0 Å². The van der Waals surface area contributed by atoms with Crippen molar-refractivity contribution in [2.75, 3.05) is 12.3 Å². The third-order valence-electron chi connectivity index (χ3n) is 4.31. The van der Waals surface area contributed by atoms with Crippen LogP contribution in [0.5, 0.6) is 0 Å². The van der Waals surface area contributed by atoms with Gasteiger partial charge in [-0.25, -0.2) is 0 Å². The summed E-state index contributed by atoms with van der Waals surface area (Å²) in [4.78, 5) is 24.2. The highest BCUT2D eigenvalue weighted by Gasteiger charge is 2.27. The monoisotopic (exact) mass is 355 g/mol. The second-order valence-electron chi connectivity index (χ2n) is 6.02. The molecule has 0 aliphatic carbocycles. The van der Waals surface area contributed by atoms with E-state index in [2.05, 4.69) is 5.32 Å². The van der Waals surface area contributed by atoms with Gasteiger partial charge in [0.15, 0.2) is 0 Å². The Morgan fingerprint density at radius 1 is 1.20 bits per heavy atom. The largest absolute Gasteiger partial charge is 0.366 e. The number of rotatable bonds is 4. The van der Waals surface area contributed by atoms with Gasteiger partial charge >= 0.3 is 0 Å². The van der Waals surface area contributed by atoms with Crippen LogP contribution < -0.4 is 16.8 Å². The number of thioether (sulfide) groups is 1. The minimum absolute atomic E-state index is 0.0155. The van der Waals surface area contributed by atoms with Crippen molar-refractivity contribution in [3.8, 4) is 11.1 Å². The van der Waals surface area contributed by atoms with Crippen molar-refractivity contribution < 1.29 is 9.59 Å². The Kier molecular flexibility index (Phi) is 5.40. The van der Waals surface area contributed by atoms with Crippen molar-refractivity contribution in [3.63, 3.8) is 0 Å². The van der Waals surface area contributed by atoms with Crippen molar-refractivity contribution in [2.24, 2.45) is 11.5 Å². The Morgan fingerprint density at radius 3 is 2.76 bits per heavy atom. The first-order valence-electron chi connectivity index (χ1n) is 8.21. The number of benzene rings is 2. The maximum Gasteiger partial charge on any atom is 0.249 e. The molecule has 2 aromatic rings. The molecule has 1 aliphatic rings. The number of nitrogens with two attached hydrogens (primary N) is 2. The molecule has 1 saturated heterocycles. The molecule has 1 heterocycles. The van der Waals surface area contributed by atoms with E-state index in [1.54, 1.807) is 23.9 Å². The molecule has 0 saturated carbocycles. The summed E-state index contributed by atoms with van der Waals surface area (Å²) in [5.74, 6) is 0.388. The zero-order valence-electron chi connectivity index (χ0n) is 13.8. The normalized spacial score (nSPS) is 20.6. The SMILES string of the molecule is NC[C@@H]1CCS[C@H](c2cccc(-c3ccccc3C(N)=O)c2)C(=O)N1. The van der Waals surface area contributed by atoms with Crippen molar-refractivity contribution in [2.45, 2.75) is 17.7 Å². The average Bonchev–Trinajstić information content (AvgIpc) is 2.83. The van der Waals surface area contributed by atoms with Crippen LogP contribution in [0.3, 0.4) is 0 Å². The van der Waals surface area contributed by atoms with E-state index >= 15 is 0 Å². The van der Waals surface area contributed by atoms with E-state index in [0.29, 0.717) is 12.1 Å². The van der Waals surface area contributed by atoms with Crippen LogP contribution in [-0.2, 0) is 4.79 Å². The van der Waals surface area contributed by atoms with Crippen LogP contribution in [0.4, 0.5) is 0 Å². The molecule has 0 unspecified atom stereocenters. The molecule has 2 atom stereocenters. The van der Waals surface area contributed by atoms with Crippen molar-refractivity contribution >= 4 is 23.6 Å². The summed E-state index contributed by atoms with van der Waals surface area (Å²) in [7, 11) is 0. The molecule has 1 fully saturated rings. The van der Waals surface area contributed by atoms with Crippen LogP contribution >= 0.6 is 11.8 Å². The highest BCUT2D eigenvalue weighted by Crippen LogP contribution is 2.34. The predicted molar refractivity (Wildman–Crippen MR) is 101 cm³/mol. The van der Waals surface area contributed by atoms with E-state index in [4.69, 9.17) is 11.5 Å². The van der Waals surface area contributed by atoms with Crippen LogP contribution in [0.1, 0.15) is 27.6 Å². The van der Waals surface area contributed by atoms with E-state index in [9.17, 15) is 9.59 Å². The number of carbonyl (C=O) groups is 2. The van der Waals surface area contributed by atoms with Gasteiger partial charge in [0.2, 0.25) is 11.8 Å². The molecule has 2 aromatic carbocycles. The van der Waals surface area contributed by atoms with Gasteiger partial charge in [-0.1, -0.05) is 36.4 Å². The van der Waals surface area contributed by atoms with Crippen LogP contribution in [0.15, 0.2) is 48.5 Å². The number of amides is 2. The number of nitrogens with one attached hydrogen (secondary N) is 1. The maximum atomic E-state index is 12.5. The van der Waals surface area contributed by atoms with Crippen LogP contribution in [0.25, 0.3) is 11.1 Å². The van der Waals surface area contributed by atoms with Crippen LogP contribution in [0.2, 0.25) is 0 Å². The Labute approximate surface area is 151 Å². The molecule has 0 aromatic heterocycles. The minimum Gasteiger partial charge on any atom is -0.366 e. The molecule has 5 N–H and O–H groups in total. The summed E-state index contributed by atoms with van der Waals surface area (Å²) >= 11 is 1.62. The molecular weight excluding hydrogens is 334 g/mol. The van der Waals surface area contributed by atoms with E-state index < -0.39 is 5.91 Å². The van der Waals surface area contributed by atoms with Crippen LogP contribution in [0, 0.1) is 0 Å². The topological polar surface area (TPSA) is 98.2 Å². The van der Waals surface area contributed by atoms with E-state index in [1.165, 1.54) is 0 Å². The Hall–Kier alpha value is -2.31. The lowest BCUT2D eigenvalue weighted by atomic mass is 9.97. The zero-order valence-corrected chi connectivity index (χ0v) is 14.6. The molecule has 6 heteroatoms. The maximum absolute atomic E-state index is 12.5. The highest BCUT2D eigenvalue weighted by molar-refractivity contribution is 8.00. The number of hydrogen-bond acceptors (Lipinski definition) is 4. The first-order chi connectivity index (χ1) is 12.1. The summed E-state index contributed by atoms with van der Waals surface area (Å²) in [6.07, 6.45) is 0.869. The fourth-order valence-corrected chi connectivity index (χ4v) is 4.21. The number of carbonyl (C=O) groups excluding carboxylic acids is 2. The van der Waals surface area contributed by atoms with Gasteiger partial charge in [0.25, 0.3) is 0 Å². The fraction of sp³-hybridized carbons (Fsp3) is 0.263. The van der Waals surface area contributed by atoms with Gasteiger partial charge in [0, 0.05) is 18.2 Å². The summed E-state index contributed by atoms with van der Waals surface area (Å²) < 4.78 is 0. The zero-order chi connectivity index (χ0) is 17.8. The average molecular weight is 355 g/mol. The lowest BCUT2D eigenvalue weighted by molar-refractivity contribution is -0.121. The molecule has 0 spiro atoms. The quantitative estimate of drug-likeness (QED) is 0.782. The van der Waals surface area contributed by atoms with Gasteiger partial charge in [-0.2, -0.15) is 0 Å². The highest BCUT2D eigenvalue weighted by atomic mass is 32.2. The summed E-state index contributed by atoms with van der Waals surface area (Å²) in [5.41, 5.74) is 14.2. The second kappa shape index (κ2) is 7.72. The van der Waals surface area contributed by atoms with Gasteiger partial charge < -0.3 is 16.8 Å². The Bertz CT molecular complexity index is 794. The van der Waals surface area contributed by atoms with Gasteiger partial charge in [-0.3, -0.25) is 9.59 Å². The minimum atomic E-state index is -0.464. The molecule has 3 rings (SSSR count). The lowest BCUT2D eigenvalue weighted by Crippen LogP contribution is -2.40. The fourth-order valence-electron chi connectivity index (χ4n) is 3.00. The van der Waals surface area contributed by atoms with E-state index in [0.717, 1.165) is 28.9 Å². The molecule has 130 valence electrons. The molecular formula is C19H21N3O2S. The lowest BCUT2D eigenvalue weighted by Gasteiger charge is -2.17. The smallest absolute Gasteiger partial charge is 0.249 e. The van der Waals surface area contributed by atoms with E-state index in [1.807, 2.05) is 36.4 Å². The van der Waals surface area contributed by atoms with Crippen molar-refractivity contribution in [1.82, 2.24) is 5.32 Å². The molecule has 5 nitrogen and oxygen atoms in total. The molecule has 1 aliphatic heterocycles. The van der Waals surface area contributed by atoms with Gasteiger partial charge in [0.1, 0.15) is 5.25 Å². The Morgan fingerprint density at radius 2 is 2.00 bits per heavy atom. The molecule has 0 bridgehead atoms. The first-order valence-corrected chi connectivity index (χ1v) is 9.26. The second-order valence-corrected chi connectivity index (χ2v) is 7.23. The molecule has 2 amide bonds. The summed E-state index contributed by atoms with van der Waals surface area (Å²) in [5, 5.41) is 2.73. The summed E-state index contributed by atoms with van der Waals surface area (Å²) in [6.45, 7) is 0.449. The summed E-state index contributed by atoms with van der Waals surface area (Å²) in [6, 6.07) is 15.0. The first kappa shape index (κ1) is 17.5. The van der Waals surface area contributed by atoms with Gasteiger partial charge in [0.05, 0.1) is 0 Å². The number of primary amides is 1. The van der Waals surface area contributed by atoms with Crippen LogP contribution in [-0.4, -0.2) is 30.2 Å².